The molecule has 1 atom stereocenters. The van der Waals surface area contributed by atoms with Crippen molar-refractivity contribution in [3.05, 3.63) is 30.1 Å². The van der Waals surface area contributed by atoms with Gasteiger partial charge >= 0.3 is 10.2 Å². The van der Waals surface area contributed by atoms with Crippen molar-refractivity contribution in [2.75, 3.05) is 29.8 Å². The molecule has 1 unspecified atom stereocenters. The van der Waals surface area contributed by atoms with Crippen LogP contribution in [0.1, 0.15) is 19.8 Å². The molecule has 0 aromatic heterocycles. The van der Waals surface area contributed by atoms with Gasteiger partial charge < -0.3 is 0 Å². The minimum Gasteiger partial charge on any atom is -0.258 e. The van der Waals surface area contributed by atoms with Crippen molar-refractivity contribution >= 4 is 27.5 Å². The van der Waals surface area contributed by atoms with Crippen LogP contribution in [0.4, 0.5) is 10.1 Å². The largest absolute Gasteiger partial charge is 0.304 e. The predicted octanol–water partition coefficient (Wildman–Crippen LogP) is 2.85. The number of piperidine rings is 1. The molecule has 21 heavy (non-hydrogen) atoms. The SMILES string of the molecule is CCN(c1cccc(F)c1)S(=O)(=O)N1CCCC(CCl)C1. The lowest BCUT2D eigenvalue weighted by Crippen LogP contribution is -2.48. The minimum atomic E-state index is -3.65. The van der Waals surface area contributed by atoms with E-state index in [9.17, 15) is 12.8 Å². The first-order valence-electron chi connectivity index (χ1n) is 7.08. The second-order valence-electron chi connectivity index (χ2n) is 5.17. The number of hydrogen-bond donors (Lipinski definition) is 0. The molecule has 1 aromatic carbocycles. The molecular formula is C14H20ClFN2O2S. The first-order valence-corrected chi connectivity index (χ1v) is 9.01. The van der Waals surface area contributed by atoms with Crippen LogP contribution >= 0.6 is 11.6 Å². The van der Waals surface area contributed by atoms with Crippen molar-refractivity contribution in [2.45, 2.75) is 19.8 Å². The summed E-state index contributed by atoms with van der Waals surface area (Å²) in [6.45, 7) is 2.92. The lowest BCUT2D eigenvalue weighted by molar-refractivity contribution is 0.283. The highest BCUT2D eigenvalue weighted by molar-refractivity contribution is 7.90. The highest BCUT2D eigenvalue weighted by Gasteiger charge is 2.33. The number of benzene rings is 1. The van der Waals surface area contributed by atoms with Gasteiger partial charge in [0, 0.05) is 25.5 Å². The average molecular weight is 335 g/mol. The average Bonchev–Trinajstić information content (AvgIpc) is 2.48. The van der Waals surface area contributed by atoms with Gasteiger partial charge in [0.1, 0.15) is 5.82 Å². The number of anilines is 1. The molecule has 1 aliphatic heterocycles. The van der Waals surface area contributed by atoms with Crippen molar-refractivity contribution in [3.8, 4) is 0 Å². The highest BCUT2D eigenvalue weighted by Crippen LogP contribution is 2.26. The molecule has 0 bridgehead atoms. The van der Waals surface area contributed by atoms with E-state index >= 15 is 0 Å². The molecule has 0 spiro atoms. The van der Waals surface area contributed by atoms with E-state index < -0.39 is 16.0 Å². The smallest absolute Gasteiger partial charge is 0.258 e. The molecule has 0 N–H and O–H groups in total. The third-order valence-corrected chi connectivity index (χ3v) is 6.13. The normalized spacial score (nSPS) is 20.4. The van der Waals surface area contributed by atoms with Gasteiger partial charge in [-0.05, 0) is 43.9 Å². The van der Waals surface area contributed by atoms with Crippen LogP contribution in [0, 0.1) is 11.7 Å². The Balaban J connectivity index is 2.27. The summed E-state index contributed by atoms with van der Waals surface area (Å²) in [5.41, 5.74) is 0.352. The summed E-state index contributed by atoms with van der Waals surface area (Å²) < 4.78 is 41.6. The zero-order valence-electron chi connectivity index (χ0n) is 12.0. The van der Waals surface area contributed by atoms with E-state index in [2.05, 4.69) is 0 Å². The lowest BCUT2D eigenvalue weighted by Gasteiger charge is -2.35. The maximum Gasteiger partial charge on any atom is 0.304 e. The van der Waals surface area contributed by atoms with Gasteiger partial charge in [-0.2, -0.15) is 12.7 Å². The summed E-state index contributed by atoms with van der Waals surface area (Å²) >= 11 is 5.86. The van der Waals surface area contributed by atoms with Crippen molar-refractivity contribution in [3.63, 3.8) is 0 Å². The minimum absolute atomic E-state index is 0.182. The van der Waals surface area contributed by atoms with Crippen LogP contribution in [-0.2, 0) is 10.2 Å². The summed E-state index contributed by atoms with van der Waals surface area (Å²) in [6, 6.07) is 5.66. The Morgan fingerprint density at radius 3 is 2.86 bits per heavy atom. The third-order valence-electron chi connectivity index (χ3n) is 3.69. The van der Waals surface area contributed by atoms with Crippen molar-refractivity contribution in [2.24, 2.45) is 5.92 Å². The molecule has 1 aliphatic rings. The van der Waals surface area contributed by atoms with E-state index in [1.165, 1.54) is 26.8 Å². The number of rotatable bonds is 5. The van der Waals surface area contributed by atoms with Gasteiger partial charge in [0.15, 0.2) is 0 Å². The van der Waals surface area contributed by atoms with E-state index in [1.54, 1.807) is 13.0 Å². The molecule has 1 saturated heterocycles. The standard InChI is InChI=1S/C14H20ClFN2O2S/c1-2-18(14-7-3-6-13(16)9-14)21(19,20)17-8-4-5-12(10-15)11-17/h3,6-7,9,12H,2,4-5,8,10-11H2,1H3. The number of hydrogen-bond acceptors (Lipinski definition) is 2. The Morgan fingerprint density at radius 1 is 1.48 bits per heavy atom. The monoisotopic (exact) mass is 334 g/mol. The van der Waals surface area contributed by atoms with E-state index in [0.717, 1.165) is 12.8 Å². The number of alkyl halides is 1. The van der Waals surface area contributed by atoms with Crippen LogP contribution in [0.5, 0.6) is 0 Å². The van der Waals surface area contributed by atoms with Crippen LogP contribution < -0.4 is 4.31 Å². The van der Waals surface area contributed by atoms with Crippen LogP contribution in [0.3, 0.4) is 0 Å². The third kappa shape index (κ3) is 3.67. The Kier molecular flexibility index (Phi) is 5.46. The Hall–Kier alpha value is -0.850. The molecule has 1 fully saturated rings. The summed E-state index contributed by atoms with van der Waals surface area (Å²) in [7, 11) is -3.65. The Morgan fingerprint density at radius 2 is 2.24 bits per heavy atom. The summed E-state index contributed by atoms with van der Waals surface area (Å²) in [4.78, 5) is 0. The molecule has 1 heterocycles. The van der Waals surface area contributed by atoms with Gasteiger partial charge in [-0.3, -0.25) is 4.31 Å². The van der Waals surface area contributed by atoms with Gasteiger partial charge in [0.25, 0.3) is 0 Å². The van der Waals surface area contributed by atoms with Crippen LogP contribution in [0.2, 0.25) is 0 Å². The van der Waals surface area contributed by atoms with Crippen molar-refractivity contribution in [1.82, 2.24) is 4.31 Å². The van der Waals surface area contributed by atoms with Crippen molar-refractivity contribution < 1.29 is 12.8 Å². The maximum atomic E-state index is 13.4. The summed E-state index contributed by atoms with van der Waals surface area (Å²) in [5.74, 6) is 0.192. The molecule has 4 nitrogen and oxygen atoms in total. The molecule has 7 heteroatoms. The molecule has 0 amide bonds. The fraction of sp³-hybridized carbons (Fsp3) is 0.571. The zero-order chi connectivity index (χ0) is 15.5. The Bertz CT molecular complexity index is 582. The number of nitrogens with zero attached hydrogens (tertiary/aromatic N) is 2. The highest BCUT2D eigenvalue weighted by atomic mass is 35.5. The molecular weight excluding hydrogens is 315 g/mol. The van der Waals surface area contributed by atoms with Crippen molar-refractivity contribution in [1.29, 1.82) is 0 Å². The van der Waals surface area contributed by atoms with Gasteiger partial charge in [0.05, 0.1) is 5.69 Å². The van der Waals surface area contributed by atoms with E-state index in [0.29, 0.717) is 24.7 Å². The molecule has 118 valence electrons. The second kappa shape index (κ2) is 6.94. The van der Waals surface area contributed by atoms with Crippen LogP contribution in [-0.4, -0.2) is 38.2 Å². The number of halogens is 2. The van der Waals surface area contributed by atoms with Gasteiger partial charge in [0.2, 0.25) is 0 Å². The van der Waals surface area contributed by atoms with Gasteiger partial charge in [-0.1, -0.05) is 6.07 Å². The first kappa shape index (κ1) is 16.5. The molecule has 1 aromatic rings. The molecule has 0 aliphatic carbocycles. The van der Waals surface area contributed by atoms with E-state index in [-0.39, 0.29) is 12.5 Å². The topological polar surface area (TPSA) is 40.6 Å². The van der Waals surface area contributed by atoms with Gasteiger partial charge in [-0.15, -0.1) is 11.6 Å². The second-order valence-corrected chi connectivity index (χ2v) is 7.33. The van der Waals surface area contributed by atoms with E-state index in [4.69, 9.17) is 11.6 Å². The van der Waals surface area contributed by atoms with Crippen LogP contribution in [0.15, 0.2) is 24.3 Å². The summed E-state index contributed by atoms with van der Waals surface area (Å²) in [5, 5.41) is 0. The predicted molar refractivity (Wildman–Crippen MR) is 83.4 cm³/mol. The fourth-order valence-corrected chi connectivity index (χ4v) is 4.61. The molecule has 0 saturated carbocycles. The molecule has 0 radical (unpaired) electrons. The summed E-state index contributed by atoms with van der Waals surface area (Å²) in [6.07, 6.45) is 1.75. The van der Waals surface area contributed by atoms with E-state index in [1.807, 2.05) is 0 Å². The first-order chi connectivity index (χ1) is 9.98. The molecule has 2 rings (SSSR count). The Labute approximate surface area is 130 Å². The fourth-order valence-electron chi connectivity index (χ4n) is 2.61. The maximum absolute atomic E-state index is 13.4. The van der Waals surface area contributed by atoms with Gasteiger partial charge in [-0.25, -0.2) is 4.39 Å². The van der Waals surface area contributed by atoms with Crippen LogP contribution in [0.25, 0.3) is 0 Å². The lowest BCUT2D eigenvalue weighted by atomic mass is 10.0. The zero-order valence-corrected chi connectivity index (χ0v) is 13.6. The quantitative estimate of drug-likeness (QED) is 0.777.